The van der Waals surface area contributed by atoms with E-state index < -0.39 is 23.9 Å². The van der Waals surface area contributed by atoms with E-state index in [1.54, 1.807) is 30.3 Å². The van der Waals surface area contributed by atoms with Crippen molar-refractivity contribution in [3.8, 4) is 34.1 Å². The third-order valence-electron chi connectivity index (χ3n) is 6.19. The minimum absolute atomic E-state index is 0.279. The van der Waals surface area contributed by atoms with Gasteiger partial charge in [0, 0.05) is 17.7 Å². The Morgan fingerprint density at radius 1 is 0.571 bits per heavy atom. The molecule has 0 saturated carbocycles. The summed E-state index contributed by atoms with van der Waals surface area (Å²) in [7, 11) is 0. The second-order valence-electron chi connectivity index (χ2n) is 9.47. The Kier molecular flexibility index (Phi) is 12.9. The van der Waals surface area contributed by atoms with Gasteiger partial charge in [0.15, 0.2) is 0 Å². The van der Waals surface area contributed by atoms with Gasteiger partial charge in [0.2, 0.25) is 0 Å². The molecule has 0 heterocycles. The molecule has 0 bridgehead atoms. The van der Waals surface area contributed by atoms with Crippen LogP contribution in [0.25, 0.3) is 17.2 Å². The lowest BCUT2D eigenvalue weighted by molar-refractivity contribution is -0.154. The number of esters is 2. The second-order valence-corrected chi connectivity index (χ2v) is 9.47. The van der Waals surface area contributed by atoms with Crippen LogP contribution in [0.2, 0.25) is 0 Å². The average molecular weight is 667 g/mol. The van der Waals surface area contributed by atoms with Crippen molar-refractivity contribution >= 4 is 30.0 Å². The van der Waals surface area contributed by atoms with Crippen molar-refractivity contribution in [3.63, 3.8) is 0 Å². The first-order valence-corrected chi connectivity index (χ1v) is 14.3. The van der Waals surface area contributed by atoms with Gasteiger partial charge < -0.3 is 28.8 Å². The van der Waals surface area contributed by atoms with Gasteiger partial charge in [-0.05, 0) is 90.8 Å². The molecule has 4 aromatic rings. The number of ether oxygens (including phenoxy) is 2. The molecule has 0 fully saturated rings. The summed E-state index contributed by atoms with van der Waals surface area (Å²) in [4.78, 5) is 66.8. The van der Waals surface area contributed by atoms with Gasteiger partial charge in [0.25, 0.3) is 0 Å². The van der Waals surface area contributed by atoms with Crippen LogP contribution in [0.15, 0.2) is 122 Å². The van der Waals surface area contributed by atoms with Gasteiger partial charge in [0.05, 0.1) is 11.1 Å². The molecule has 0 aromatic heterocycles. The number of nitrogens with one attached hydrogen (secondary N) is 4. The maximum Gasteiger partial charge on any atom is 0.350 e. The third-order valence-corrected chi connectivity index (χ3v) is 6.19. The van der Waals surface area contributed by atoms with Crippen LogP contribution in [0.1, 0.15) is 33.2 Å². The quantitative estimate of drug-likeness (QED) is 0.0419. The minimum atomic E-state index is -0.704. The van der Waals surface area contributed by atoms with Crippen LogP contribution >= 0.6 is 0 Å². The average Bonchev–Trinajstić information content (AvgIpc) is 3.13. The predicted octanol–water partition coefficient (Wildman–Crippen LogP) is 4.89. The number of rotatable bonds is 16. The number of allylic oxidation sites excluding steroid dienone is 1. The van der Waals surface area contributed by atoms with Gasteiger partial charge in [-0.2, -0.15) is 0 Å². The third kappa shape index (κ3) is 10.7. The highest BCUT2D eigenvalue weighted by Gasteiger charge is 2.14. The van der Waals surface area contributed by atoms with E-state index in [9.17, 15) is 19.2 Å². The van der Waals surface area contributed by atoms with E-state index in [1.807, 2.05) is 31.2 Å². The highest BCUT2D eigenvalue weighted by molar-refractivity contribution is 5.92. The van der Waals surface area contributed by atoms with Crippen LogP contribution in [0.5, 0.6) is 23.0 Å². The van der Waals surface area contributed by atoms with Gasteiger partial charge in [-0.1, -0.05) is 65.9 Å². The Morgan fingerprint density at radius 2 is 1.04 bits per heavy atom. The standard InChI is InChI=1S/C35H30N4O10/c1-4-7-27-22-26(14-21-31(27)45-35(43)25-12-19-30(20-13-25)47-37-39-49-33(41)6-3)23-8-15-28(16-9-23)44-34(42)24-10-17-29(18-11-24)46-36-38-48-32(40)5-2/h4-22,36-39H,2-3H2,1H3/b7-4-. The van der Waals surface area contributed by atoms with Gasteiger partial charge in [0.1, 0.15) is 23.0 Å². The zero-order valence-electron chi connectivity index (χ0n) is 26.0. The summed E-state index contributed by atoms with van der Waals surface area (Å²) in [6.07, 6.45) is 5.58. The fourth-order valence-corrected chi connectivity index (χ4v) is 3.87. The fourth-order valence-electron chi connectivity index (χ4n) is 3.87. The molecule has 0 aliphatic rings. The number of carbonyl (C=O) groups is 4. The van der Waals surface area contributed by atoms with Crippen molar-refractivity contribution in [2.75, 3.05) is 0 Å². The minimum Gasteiger partial charge on any atom is -0.423 e. The zero-order chi connectivity index (χ0) is 35.0. The van der Waals surface area contributed by atoms with Crippen molar-refractivity contribution in [1.82, 2.24) is 22.4 Å². The van der Waals surface area contributed by atoms with Crippen LogP contribution in [-0.2, 0) is 19.3 Å². The van der Waals surface area contributed by atoms with Crippen LogP contribution in [0.3, 0.4) is 0 Å². The molecule has 0 spiro atoms. The van der Waals surface area contributed by atoms with Crippen molar-refractivity contribution in [3.05, 3.63) is 139 Å². The van der Waals surface area contributed by atoms with Crippen molar-refractivity contribution < 1.29 is 48.0 Å². The lowest BCUT2D eigenvalue weighted by Gasteiger charge is -2.11. The monoisotopic (exact) mass is 666 g/mol. The highest BCUT2D eigenvalue weighted by Crippen LogP contribution is 2.30. The molecule has 49 heavy (non-hydrogen) atoms. The predicted molar refractivity (Wildman–Crippen MR) is 176 cm³/mol. The maximum atomic E-state index is 12.9. The largest absolute Gasteiger partial charge is 0.423 e. The summed E-state index contributed by atoms with van der Waals surface area (Å²) >= 11 is 0. The molecule has 4 aromatic carbocycles. The molecule has 0 aliphatic heterocycles. The summed E-state index contributed by atoms with van der Waals surface area (Å²) in [5.74, 6) is -1.21. The molecule has 0 saturated heterocycles. The van der Waals surface area contributed by atoms with Crippen molar-refractivity contribution in [2.45, 2.75) is 6.92 Å². The Morgan fingerprint density at radius 3 is 1.53 bits per heavy atom. The first-order chi connectivity index (χ1) is 23.8. The maximum absolute atomic E-state index is 12.9. The molecule has 4 N–H and O–H groups in total. The van der Waals surface area contributed by atoms with E-state index >= 15 is 0 Å². The molecule has 0 amide bonds. The molecule has 14 heteroatoms. The number of benzene rings is 4. The van der Waals surface area contributed by atoms with E-state index in [-0.39, 0.29) is 11.1 Å². The summed E-state index contributed by atoms with van der Waals surface area (Å²) < 4.78 is 11.2. The van der Waals surface area contributed by atoms with Gasteiger partial charge in [-0.25, -0.2) is 19.2 Å². The Bertz CT molecular complexity index is 1820. The molecule has 14 nitrogen and oxygen atoms in total. The number of carbonyl (C=O) groups excluding carboxylic acids is 4. The van der Waals surface area contributed by atoms with Gasteiger partial charge in [-0.15, -0.1) is 0 Å². The highest BCUT2D eigenvalue weighted by atomic mass is 16.8. The van der Waals surface area contributed by atoms with E-state index in [1.165, 1.54) is 48.5 Å². The molecule has 0 unspecified atom stereocenters. The SMILES string of the molecule is C=CC(=O)ONNOc1ccc(C(=O)Oc2ccc(-c3ccc(OC(=O)c4ccc(ONNOC(=O)C=C)cc4)c(/C=C\C)c3)cc2)cc1. The van der Waals surface area contributed by atoms with Crippen LogP contribution in [0, 0.1) is 0 Å². The molecule has 0 atom stereocenters. The van der Waals surface area contributed by atoms with E-state index in [0.29, 0.717) is 28.6 Å². The molecule has 0 aliphatic carbocycles. The lowest BCUT2D eigenvalue weighted by atomic mass is 10.0. The van der Waals surface area contributed by atoms with E-state index in [2.05, 4.69) is 45.2 Å². The second kappa shape index (κ2) is 17.9. The summed E-state index contributed by atoms with van der Waals surface area (Å²) in [6, 6.07) is 24.4. The number of hydrazine groups is 2. The van der Waals surface area contributed by atoms with E-state index in [0.717, 1.165) is 23.3 Å². The first-order valence-electron chi connectivity index (χ1n) is 14.3. The van der Waals surface area contributed by atoms with Gasteiger partial charge in [-0.3, -0.25) is 0 Å². The van der Waals surface area contributed by atoms with Crippen LogP contribution in [0.4, 0.5) is 0 Å². The Labute approximate surface area is 280 Å². The summed E-state index contributed by atoms with van der Waals surface area (Å²) in [5, 5.41) is 0. The van der Waals surface area contributed by atoms with Crippen LogP contribution < -0.4 is 41.5 Å². The molecular formula is C35H30N4O10. The smallest absolute Gasteiger partial charge is 0.350 e. The topological polar surface area (TPSA) is 172 Å². The first kappa shape index (κ1) is 35.3. The van der Waals surface area contributed by atoms with Crippen molar-refractivity contribution in [2.24, 2.45) is 0 Å². The number of hydrogen-bond acceptors (Lipinski definition) is 14. The molecule has 4 rings (SSSR count). The normalized spacial score (nSPS) is 10.5. The summed E-state index contributed by atoms with van der Waals surface area (Å²) in [6.45, 7) is 8.36. The van der Waals surface area contributed by atoms with E-state index in [4.69, 9.17) is 19.1 Å². The number of hydrogen-bond donors (Lipinski definition) is 4. The van der Waals surface area contributed by atoms with Gasteiger partial charge >= 0.3 is 23.9 Å². The fraction of sp³-hybridized carbons (Fsp3) is 0.0286. The molecule has 250 valence electrons. The Hall–Kier alpha value is -6.58. The molecular weight excluding hydrogens is 636 g/mol. The lowest BCUT2D eigenvalue weighted by Crippen LogP contribution is -2.36. The molecule has 0 radical (unpaired) electrons. The Balaban J connectivity index is 1.33. The summed E-state index contributed by atoms with van der Waals surface area (Å²) in [5.41, 5.74) is 11.5. The van der Waals surface area contributed by atoms with Crippen molar-refractivity contribution in [1.29, 1.82) is 0 Å². The zero-order valence-corrected chi connectivity index (χ0v) is 26.0. The van der Waals surface area contributed by atoms with Crippen LogP contribution in [-0.4, -0.2) is 23.9 Å².